The molecular formula is C14H10ClN3OS. The molecule has 0 atom stereocenters. The summed E-state index contributed by atoms with van der Waals surface area (Å²) < 4.78 is 5.57. The smallest absolute Gasteiger partial charge is 0.277 e. The normalized spacial score (nSPS) is 10.7. The minimum atomic E-state index is 0.434. The predicted molar refractivity (Wildman–Crippen MR) is 78.5 cm³/mol. The lowest BCUT2D eigenvalue weighted by atomic mass is 10.2. The van der Waals surface area contributed by atoms with Crippen LogP contribution in [0.15, 0.2) is 58.3 Å². The highest BCUT2D eigenvalue weighted by atomic mass is 35.5. The molecule has 0 aliphatic carbocycles. The molecule has 3 rings (SSSR count). The second-order valence-corrected chi connectivity index (χ2v) is 5.37. The molecule has 3 aromatic rings. The maximum Gasteiger partial charge on any atom is 0.277 e. The Hall–Kier alpha value is -1.85. The summed E-state index contributed by atoms with van der Waals surface area (Å²) in [6, 6.07) is 13.2. The molecule has 6 heteroatoms. The number of benzene rings is 1. The van der Waals surface area contributed by atoms with Gasteiger partial charge in [-0.15, -0.1) is 10.2 Å². The Morgan fingerprint density at radius 3 is 2.65 bits per heavy atom. The van der Waals surface area contributed by atoms with Crippen molar-refractivity contribution in [1.29, 1.82) is 0 Å². The van der Waals surface area contributed by atoms with Crippen LogP contribution in [-0.2, 0) is 5.75 Å². The first-order valence-corrected chi connectivity index (χ1v) is 7.30. The molecule has 0 bridgehead atoms. The first kappa shape index (κ1) is 13.1. The van der Waals surface area contributed by atoms with Gasteiger partial charge in [0.15, 0.2) is 0 Å². The fourth-order valence-corrected chi connectivity index (χ4v) is 2.43. The zero-order valence-electron chi connectivity index (χ0n) is 10.4. The maximum absolute atomic E-state index is 5.85. The Balaban J connectivity index is 1.67. The molecule has 0 fully saturated rings. The number of nitrogens with zero attached hydrogens (tertiary/aromatic N) is 3. The van der Waals surface area contributed by atoms with Gasteiger partial charge in [-0.05, 0) is 29.8 Å². The Bertz CT molecular complexity index is 685. The van der Waals surface area contributed by atoms with Crippen molar-refractivity contribution in [3.63, 3.8) is 0 Å². The molecule has 100 valence electrons. The molecule has 0 aliphatic heterocycles. The van der Waals surface area contributed by atoms with Crippen LogP contribution in [0.4, 0.5) is 0 Å². The van der Waals surface area contributed by atoms with Crippen LogP contribution >= 0.6 is 23.4 Å². The number of aromatic nitrogens is 3. The molecule has 1 aromatic carbocycles. The zero-order valence-corrected chi connectivity index (χ0v) is 11.9. The number of hydrogen-bond acceptors (Lipinski definition) is 5. The molecule has 0 unspecified atom stereocenters. The summed E-state index contributed by atoms with van der Waals surface area (Å²) in [6.07, 6.45) is 1.69. The van der Waals surface area contributed by atoms with E-state index in [4.69, 9.17) is 16.0 Å². The lowest BCUT2D eigenvalue weighted by Gasteiger charge is -1.98. The fourth-order valence-electron chi connectivity index (χ4n) is 1.59. The minimum Gasteiger partial charge on any atom is -0.410 e. The van der Waals surface area contributed by atoms with Gasteiger partial charge in [0.05, 0.1) is 0 Å². The number of rotatable bonds is 4. The van der Waals surface area contributed by atoms with Crippen LogP contribution in [-0.4, -0.2) is 15.2 Å². The average molecular weight is 304 g/mol. The van der Waals surface area contributed by atoms with Crippen molar-refractivity contribution in [3.05, 3.63) is 59.2 Å². The number of hydrogen-bond donors (Lipinski definition) is 0. The van der Waals surface area contributed by atoms with Gasteiger partial charge in [0.2, 0.25) is 0 Å². The van der Waals surface area contributed by atoms with E-state index in [1.165, 1.54) is 11.8 Å². The SMILES string of the molecule is Clc1ccc(CSc2nnc(-c3ccccn3)o2)cc1. The number of pyridine rings is 1. The summed E-state index contributed by atoms with van der Waals surface area (Å²) in [5.74, 6) is 1.19. The highest BCUT2D eigenvalue weighted by molar-refractivity contribution is 7.98. The van der Waals surface area contributed by atoms with E-state index in [9.17, 15) is 0 Å². The van der Waals surface area contributed by atoms with E-state index in [1.54, 1.807) is 6.20 Å². The van der Waals surface area contributed by atoms with Crippen molar-refractivity contribution in [3.8, 4) is 11.6 Å². The molecule has 0 saturated heterocycles. The van der Waals surface area contributed by atoms with Gasteiger partial charge in [-0.1, -0.05) is 41.6 Å². The Morgan fingerprint density at radius 2 is 1.90 bits per heavy atom. The minimum absolute atomic E-state index is 0.434. The van der Waals surface area contributed by atoms with Gasteiger partial charge in [-0.2, -0.15) is 0 Å². The third-order valence-corrected chi connectivity index (χ3v) is 3.71. The molecule has 2 aromatic heterocycles. The van der Waals surface area contributed by atoms with Crippen LogP contribution in [0.25, 0.3) is 11.6 Å². The fraction of sp³-hybridized carbons (Fsp3) is 0.0714. The summed E-state index contributed by atoms with van der Waals surface area (Å²) in [6.45, 7) is 0. The quantitative estimate of drug-likeness (QED) is 0.680. The largest absolute Gasteiger partial charge is 0.410 e. The standard InChI is InChI=1S/C14H10ClN3OS/c15-11-6-4-10(5-7-11)9-20-14-18-17-13(19-14)12-3-1-2-8-16-12/h1-8H,9H2. The van der Waals surface area contributed by atoms with Crippen molar-refractivity contribution in [2.45, 2.75) is 11.0 Å². The van der Waals surface area contributed by atoms with E-state index in [0.717, 1.165) is 16.3 Å². The first-order valence-electron chi connectivity index (χ1n) is 5.93. The van der Waals surface area contributed by atoms with Crippen LogP contribution in [0.5, 0.6) is 0 Å². The van der Waals surface area contributed by atoms with Gasteiger partial charge in [0.1, 0.15) is 5.69 Å². The molecule has 0 N–H and O–H groups in total. The molecule has 0 amide bonds. The Kier molecular flexibility index (Phi) is 3.99. The topological polar surface area (TPSA) is 51.8 Å². The van der Waals surface area contributed by atoms with Gasteiger partial charge in [0.25, 0.3) is 11.1 Å². The van der Waals surface area contributed by atoms with Crippen LogP contribution < -0.4 is 0 Å². The zero-order chi connectivity index (χ0) is 13.8. The Labute approximate surface area is 125 Å². The van der Waals surface area contributed by atoms with Crippen LogP contribution in [0.1, 0.15) is 5.56 Å². The van der Waals surface area contributed by atoms with Crippen LogP contribution in [0, 0.1) is 0 Å². The van der Waals surface area contributed by atoms with E-state index in [-0.39, 0.29) is 0 Å². The van der Waals surface area contributed by atoms with Crippen molar-refractivity contribution < 1.29 is 4.42 Å². The molecule has 20 heavy (non-hydrogen) atoms. The molecular weight excluding hydrogens is 294 g/mol. The Morgan fingerprint density at radius 1 is 1.05 bits per heavy atom. The van der Waals surface area contributed by atoms with E-state index < -0.39 is 0 Å². The van der Waals surface area contributed by atoms with Crippen molar-refractivity contribution in [1.82, 2.24) is 15.2 Å². The summed E-state index contributed by atoms with van der Waals surface area (Å²) in [5, 5.41) is 9.26. The van der Waals surface area contributed by atoms with Gasteiger partial charge in [0, 0.05) is 17.0 Å². The van der Waals surface area contributed by atoms with E-state index in [2.05, 4.69) is 15.2 Å². The molecule has 0 saturated carbocycles. The molecule has 2 heterocycles. The van der Waals surface area contributed by atoms with Gasteiger partial charge >= 0.3 is 0 Å². The third-order valence-electron chi connectivity index (χ3n) is 2.57. The summed E-state index contributed by atoms with van der Waals surface area (Å²) in [4.78, 5) is 4.17. The summed E-state index contributed by atoms with van der Waals surface area (Å²) >= 11 is 7.33. The third kappa shape index (κ3) is 3.18. The van der Waals surface area contributed by atoms with Crippen molar-refractivity contribution in [2.24, 2.45) is 0 Å². The molecule has 0 aliphatic rings. The van der Waals surface area contributed by atoms with E-state index >= 15 is 0 Å². The highest BCUT2D eigenvalue weighted by Gasteiger charge is 2.09. The van der Waals surface area contributed by atoms with Crippen LogP contribution in [0.3, 0.4) is 0 Å². The lowest BCUT2D eigenvalue weighted by molar-refractivity contribution is 0.464. The monoisotopic (exact) mass is 303 g/mol. The first-order chi connectivity index (χ1) is 9.81. The predicted octanol–water partition coefficient (Wildman–Crippen LogP) is 4.08. The van der Waals surface area contributed by atoms with Gasteiger partial charge in [-0.3, -0.25) is 4.98 Å². The second kappa shape index (κ2) is 6.07. The lowest BCUT2D eigenvalue weighted by Crippen LogP contribution is -1.80. The summed E-state index contributed by atoms with van der Waals surface area (Å²) in [5.41, 5.74) is 1.83. The maximum atomic E-state index is 5.85. The summed E-state index contributed by atoms with van der Waals surface area (Å²) in [7, 11) is 0. The van der Waals surface area contributed by atoms with Crippen LogP contribution in [0.2, 0.25) is 5.02 Å². The highest BCUT2D eigenvalue weighted by Crippen LogP contribution is 2.25. The van der Waals surface area contributed by atoms with Crippen molar-refractivity contribution >= 4 is 23.4 Å². The average Bonchev–Trinajstić information content (AvgIpc) is 2.97. The van der Waals surface area contributed by atoms with Gasteiger partial charge in [-0.25, -0.2) is 0 Å². The number of halogens is 1. The van der Waals surface area contributed by atoms with Crippen molar-refractivity contribution in [2.75, 3.05) is 0 Å². The second-order valence-electron chi connectivity index (χ2n) is 4.00. The van der Waals surface area contributed by atoms with E-state index in [1.807, 2.05) is 42.5 Å². The van der Waals surface area contributed by atoms with E-state index in [0.29, 0.717) is 16.8 Å². The molecule has 0 radical (unpaired) electrons. The number of thioether (sulfide) groups is 1. The van der Waals surface area contributed by atoms with Gasteiger partial charge < -0.3 is 4.42 Å². The molecule has 4 nitrogen and oxygen atoms in total. The molecule has 0 spiro atoms.